The Balaban J connectivity index is 1.25. The van der Waals surface area contributed by atoms with Crippen molar-refractivity contribution in [2.75, 3.05) is 19.6 Å². The zero-order chi connectivity index (χ0) is 41.5. The molecular formula is C45H74N6O6. The highest BCUT2D eigenvalue weighted by atomic mass is 16.2. The summed E-state index contributed by atoms with van der Waals surface area (Å²) in [5.74, 6) is -2.15. The van der Waals surface area contributed by atoms with Gasteiger partial charge in [-0.2, -0.15) is 0 Å². The summed E-state index contributed by atoms with van der Waals surface area (Å²) in [5, 5.41) is 12.1. The van der Waals surface area contributed by atoms with E-state index in [1.165, 1.54) is 0 Å². The van der Waals surface area contributed by atoms with Crippen molar-refractivity contribution in [2.24, 2.45) is 33.5 Å². The molecular weight excluding hydrogens is 721 g/mol. The molecule has 0 radical (unpaired) electrons. The third-order valence-electron chi connectivity index (χ3n) is 15.4. The molecule has 0 aromatic carbocycles. The van der Waals surface area contributed by atoms with Gasteiger partial charge in [-0.3, -0.25) is 33.7 Å². The fourth-order valence-corrected chi connectivity index (χ4v) is 11.7. The van der Waals surface area contributed by atoms with Crippen LogP contribution in [0.15, 0.2) is 0 Å². The number of carbonyl (C=O) groups is 6. The summed E-state index contributed by atoms with van der Waals surface area (Å²) in [4.78, 5) is 88.7. The minimum atomic E-state index is -0.988. The van der Waals surface area contributed by atoms with Crippen molar-refractivity contribution in [3.63, 3.8) is 0 Å². The molecule has 4 N–H and O–H groups in total. The van der Waals surface area contributed by atoms with Gasteiger partial charge in [0.05, 0.1) is 12.1 Å². The Kier molecular flexibility index (Phi) is 12.9. The third kappa shape index (κ3) is 8.54. The van der Waals surface area contributed by atoms with E-state index in [2.05, 4.69) is 53.9 Å². The first-order valence-electron chi connectivity index (χ1n) is 22.7. The number of hydrogen-bond acceptors (Lipinski definition) is 7. The molecule has 2 heterocycles. The highest BCUT2D eigenvalue weighted by Gasteiger charge is 2.85. The summed E-state index contributed by atoms with van der Waals surface area (Å²) in [6.07, 6.45) is 13.8. The first-order valence-corrected chi connectivity index (χ1v) is 22.7. The maximum atomic E-state index is 15.2. The molecule has 2 saturated heterocycles. The fraction of sp³-hybridized carbons (Fsp3) is 0.867. The first kappa shape index (κ1) is 43.6. The van der Waals surface area contributed by atoms with Gasteiger partial charge in [-0.15, -0.1) is 0 Å². The van der Waals surface area contributed by atoms with Gasteiger partial charge in [-0.25, -0.2) is 0 Å². The molecule has 5 amide bonds. The van der Waals surface area contributed by atoms with Gasteiger partial charge in [0.25, 0.3) is 5.91 Å². The lowest BCUT2D eigenvalue weighted by molar-refractivity contribution is -0.146. The molecule has 6 fully saturated rings. The van der Waals surface area contributed by atoms with Crippen LogP contribution < -0.4 is 21.3 Å². The molecule has 0 bridgehead atoms. The van der Waals surface area contributed by atoms with E-state index in [0.717, 1.165) is 96.6 Å². The number of hydrogen-bond donors (Lipinski definition) is 4. The lowest BCUT2D eigenvalue weighted by Gasteiger charge is -2.39. The minimum absolute atomic E-state index is 0.0143. The average molecular weight is 795 g/mol. The number of ketones is 1. The van der Waals surface area contributed by atoms with E-state index < -0.39 is 47.2 Å². The van der Waals surface area contributed by atoms with E-state index in [9.17, 15) is 24.0 Å². The normalized spacial score (nSPS) is 28.6. The van der Waals surface area contributed by atoms with Crippen LogP contribution in [-0.2, 0) is 28.8 Å². The lowest BCUT2D eigenvalue weighted by Crippen LogP contribution is -2.63. The van der Waals surface area contributed by atoms with Crippen LogP contribution in [0.2, 0.25) is 0 Å². The molecule has 2 spiro atoms. The Morgan fingerprint density at radius 3 is 1.98 bits per heavy atom. The summed E-state index contributed by atoms with van der Waals surface area (Å²) in [7, 11) is 0. The Hall–Kier alpha value is -3.02. The van der Waals surface area contributed by atoms with Gasteiger partial charge in [-0.1, -0.05) is 93.9 Å². The first-order chi connectivity index (χ1) is 26.9. The standard InChI is InChI=1S/C45H74N6O6/c1-9-16-31(35(52)40(56)46-30-20-21-30)47-38(54)33-25-45(43(7,8)44(45)22-15-23-44)27-51(33)41(57)36(42(4,5)6)49-39(55)34(29-17-11-10-12-18-29)48-37(53)32-19-13-14-24-50(32)26-28(2)3/h28-34,36H,9-27H2,1-8H3,(H,46,56)(H,47,54)(H,48,53)(H,49,55)/t31-,32+,33-,34?,36+,45+/m0/s1. The van der Waals surface area contributed by atoms with Crippen molar-refractivity contribution >= 4 is 35.3 Å². The molecule has 57 heavy (non-hydrogen) atoms. The van der Waals surface area contributed by atoms with Crippen LogP contribution in [0.4, 0.5) is 0 Å². The van der Waals surface area contributed by atoms with Crippen LogP contribution in [0.5, 0.6) is 0 Å². The number of rotatable bonds is 15. The number of Topliss-reactive ketones (excluding diaryl/α,β-unsaturated/α-hetero) is 1. The number of fused-ring (bicyclic) bond motifs is 1. The Bertz CT molecular complexity index is 1540. The van der Waals surface area contributed by atoms with Crippen LogP contribution in [0, 0.1) is 33.5 Å². The maximum absolute atomic E-state index is 15.2. The van der Waals surface area contributed by atoms with Crippen molar-refractivity contribution < 1.29 is 28.8 Å². The second-order valence-electron chi connectivity index (χ2n) is 20.9. The van der Waals surface area contributed by atoms with E-state index >= 15 is 4.79 Å². The lowest BCUT2D eigenvalue weighted by atomic mass is 9.73. The Labute approximate surface area is 341 Å². The second kappa shape index (κ2) is 16.9. The highest BCUT2D eigenvalue weighted by Crippen LogP contribution is 2.88. The van der Waals surface area contributed by atoms with Crippen LogP contribution in [0.1, 0.15) is 158 Å². The van der Waals surface area contributed by atoms with Gasteiger partial charge in [0.15, 0.2) is 0 Å². The molecule has 6 aliphatic rings. The third-order valence-corrected chi connectivity index (χ3v) is 15.4. The zero-order valence-electron chi connectivity index (χ0n) is 36.4. The van der Waals surface area contributed by atoms with Crippen molar-refractivity contribution in [3.8, 4) is 0 Å². The number of nitrogens with one attached hydrogen (secondary N) is 4. The summed E-state index contributed by atoms with van der Waals surface area (Å²) in [6.45, 7) is 18.6. The SMILES string of the molecule is CCC[C@H](NC(=O)[C@@H]1C[C@@]2(CN1C(=O)[C@@H](NC(=O)C(NC(=O)[C@H]1CCCCN1CC(C)C)C1CCCCC1)C(C)(C)C)C(C)(C)C21CCC1)C(=O)C(=O)NC1CC1. The van der Waals surface area contributed by atoms with Crippen molar-refractivity contribution in [1.29, 1.82) is 0 Å². The molecule has 0 aromatic rings. The zero-order valence-corrected chi connectivity index (χ0v) is 36.4. The quantitative estimate of drug-likeness (QED) is 0.170. The molecule has 6 atom stereocenters. The largest absolute Gasteiger partial charge is 0.347 e. The predicted molar refractivity (Wildman–Crippen MR) is 220 cm³/mol. The molecule has 2 aliphatic heterocycles. The van der Waals surface area contributed by atoms with E-state index in [4.69, 9.17) is 0 Å². The number of likely N-dealkylation sites (tertiary alicyclic amines) is 2. The van der Waals surface area contributed by atoms with Crippen molar-refractivity contribution in [3.05, 3.63) is 0 Å². The molecule has 4 saturated carbocycles. The molecule has 0 aromatic heterocycles. The smallest absolute Gasteiger partial charge is 0.289 e. The summed E-state index contributed by atoms with van der Waals surface area (Å²) >= 11 is 0. The van der Waals surface area contributed by atoms with Crippen molar-refractivity contribution in [2.45, 2.75) is 194 Å². The number of amides is 5. The molecule has 12 nitrogen and oxygen atoms in total. The second-order valence-corrected chi connectivity index (χ2v) is 20.9. The molecule has 1 unspecified atom stereocenters. The highest BCUT2D eigenvalue weighted by molar-refractivity contribution is 6.38. The van der Waals surface area contributed by atoms with Crippen LogP contribution in [-0.4, -0.2) is 101 Å². The molecule has 12 heteroatoms. The van der Waals surface area contributed by atoms with Gasteiger partial charge in [0, 0.05) is 24.5 Å². The maximum Gasteiger partial charge on any atom is 0.289 e. The molecule has 6 rings (SSSR count). The van der Waals surface area contributed by atoms with E-state index in [1.54, 1.807) is 4.90 Å². The van der Waals surface area contributed by atoms with Gasteiger partial charge in [0.1, 0.15) is 18.1 Å². The van der Waals surface area contributed by atoms with Crippen LogP contribution >= 0.6 is 0 Å². The van der Waals surface area contributed by atoms with E-state index in [1.807, 2.05) is 27.7 Å². The molecule has 4 aliphatic carbocycles. The fourth-order valence-electron chi connectivity index (χ4n) is 11.7. The van der Waals surface area contributed by atoms with Gasteiger partial charge >= 0.3 is 0 Å². The molecule has 320 valence electrons. The Morgan fingerprint density at radius 1 is 0.772 bits per heavy atom. The summed E-state index contributed by atoms with van der Waals surface area (Å²) < 4.78 is 0. The number of piperidine rings is 1. The minimum Gasteiger partial charge on any atom is -0.347 e. The average Bonchev–Trinajstić information content (AvgIpc) is 3.96. The Morgan fingerprint density at radius 2 is 1.42 bits per heavy atom. The summed E-state index contributed by atoms with van der Waals surface area (Å²) in [6, 6.07) is -3.86. The van der Waals surface area contributed by atoms with Gasteiger partial charge < -0.3 is 26.2 Å². The monoisotopic (exact) mass is 795 g/mol. The van der Waals surface area contributed by atoms with Crippen LogP contribution in [0.25, 0.3) is 0 Å². The predicted octanol–water partition coefficient (Wildman–Crippen LogP) is 5.02. The summed E-state index contributed by atoms with van der Waals surface area (Å²) in [5.41, 5.74) is -1.04. The topological polar surface area (TPSA) is 157 Å². The van der Waals surface area contributed by atoms with E-state index in [0.29, 0.717) is 31.7 Å². The number of nitrogens with zero attached hydrogens (tertiary/aromatic N) is 2. The van der Waals surface area contributed by atoms with Gasteiger partial charge in [0.2, 0.25) is 29.4 Å². The van der Waals surface area contributed by atoms with Crippen molar-refractivity contribution in [1.82, 2.24) is 31.1 Å². The number of carbonyl (C=O) groups excluding carboxylic acids is 6. The van der Waals surface area contributed by atoms with Crippen LogP contribution in [0.3, 0.4) is 0 Å². The van der Waals surface area contributed by atoms with E-state index in [-0.39, 0.29) is 52.0 Å². The van der Waals surface area contributed by atoms with Gasteiger partial charge in [-0.05, 0) is 98.8 Å².